The van der Waals surface area contributed by atoms with Crippen molar-refractivity contribution in [1.29, 1.82) is 0 Å². The fourth-order valence-electron chi connectivity index (χ4n) is 2.85. The molecule has 0 saturated carbocycles. The number of halogens is 2. The Hall–Kier alpha value is -0.320. The van der Waals surface area contributed by atoms with Gasteiger partial charge < -0.3 is 14.7 Å². The van der Waals surface area contributed by atoms with E-state index in [4.69, 9.17) is 27.9 Å². The van der Waals surface area contributed by atoms with E-state index in [0.29, 0.717) is 27.9 Å². The molecule has 1 saturated heterocycles. The van der Waals surface area contributed by atoms with E-state index in [2.05, 4.69) is 11.8 Å². The summed E-state index contributed by atoms with van der Waals surface area (Å²) in [7, 11) is 1.77. The van der Waals surface area contributed by atoms with Crippen molar-refractivity contribution in [3.8, 4) is 0 Å². The Morgan fingerprint density at radius 2 is 2.19 bits per heavy atom. The Morgan fingerprint density at radius 3 is 2.90 bits per heavy atom. The Balaban J connectivity index is 1.89. The van der Waals surface area contributed by atoms with Gasteiger partial charge in [-0.2, -0.15) is 0 Å². The van der Waals surface area contributed by atoms with Crippen LogP contribution in [0.15, 0.2) is 18.2 Å². The van der Waals surface area contributed by atoms with Crippen LogP contribution in [0.25, 0.3) is 0 Å². The summed E-state index contributed by atoms with van der Waals surface area (Å²) in [5.41, 5.74) is 0.706. The van der Waals surface area contributed by atoms with Crippen molar-refractivity contribution in [2.24, 2.45) is 5.92 Å². The number of benzene rings is 1. The van der Waals surface area contributed by atoms with Crippen molar-refractivity contribution in [3.05, 3.63) is 33.8 Å². The fraction of sp³-hybridized carbons (Fsp3) is 0.625. The van der Waals surface area contributed by atoms with Crippen LogP contribution in [-0.4, -0.2) is 42.9 Å². The lowest BCUT2D eigenvalue weighted by molar-refractivity contribution is -0.00867. The van der Waals surface area contributed by atoms with Crippen LogP contribution in [0.1, 0.15) is 31.4 Å². The Labute approximate surface area is 136 Å². The number of methoxy groups -OCH3 is 1. The minimum Gasteiger partial charge on any atom is -0.388 e. The second-order valence-electron chi connectivity index (χ2n) is 5.79. The highest BCUT2D eigenvalue weighted by Gasteiger charge is 2.26. The largest absolute Gasteiger partial charge is 0.388 e. The molecule has 0 bridgehead atoms. The second-order valence-corrected chi connectivity index (χ2v) is 6.57. The molecule has 3 atom stereocenters. The van der Waals surface area contributed by atoms with Gasteiger partial charge in [0.2, 0.25) is 0 Å². The van der Waals surface area contributed by atoms with E-state index in [-0.39, 0.29) is 6.10 Å². The van der Waals surface area contributed by atoms with Crippen molar-refractivity contribution in [3.63, 3.8) is 0 Å². The van der Waals surface area contributed by atoms with Gasteiger partial charge in [0.15, 0.2) is 0 Å². The van der Waals surface area contributed by atoms with E-state index in [1.165, 1.54) is 0 Å². The number of likely N-dealkylation sites (tertiary alicyclic amines) is 1. The molecule has 118 valence electrons. The second kappa shape index (κ2) is 7.80. The molecule has 3 nitrogen and oxygen atoms in total. The van der Waals surface area contributed by atoms with Gasteiger partial charge in [0, 0.05) is 25.8 Å². The van der Waals surface area contributed by atoms with Crippen LogP contribution in [0.3, 0.4) is 0 Å². The van der Waals surface area contributed by atoms with Crippen molar-refractivity contribution in [2.45, 2.75) is 32.0 Å². The summed E-state index contributed by atoms with van der Waals surface area (Å²) in [6, 6.07) is 5.38. The maximum Gasteiger partial charge on any atom is 0.0817 e. The van der Waals surface area contributed by atoms with Crippen LogP contribution < -0.4 is 0 Å². The summed E-state index contributed by atoms with van der Waals surface area (Å²) >= 11 is 12.1. The highest BCUT2D eigenvalue weighted by Crippen LogP contribution is 2.31. The molecule has 0 aliphatic carbocycles. The number of ether oxygens (including phenoxy) is 1. The smallest absolute Gasteiger partial charge is 0.0817 e. The third kappa shape index (κ3) is 4.33. The molecule has 1 aromatic rings. The lowest BCUT2D eigenvalue weighted by Gasteiger charge is -2.36. The Morgan fingerprint density at radius 1 is 1.43 bits per heavy atom. The monoisotopic (exact) mass is 331 g/mol. The highest BCUT2D eigenvalue weighted by atomic mass is 35.5. The molecule has 0 spiro atoms. The minimum atomic E-state index is -0.587. The minimum absolute atomic E-state index is 0.283. The van der Waals surface area contributed by atoms with Crippen LogP contribution >= 0.6 is 23.2 Å². The van der Waals surface area contributed by atoms with Crippen molar-refractivity contribution in [2.75, 3.05) is 26.7 Å². The molecular formula is C16H23Cl2NO2. The zero-order valence-electron chi connectivity index (χ0n) is 12.6. The number of piperidine rings is 1. The average Bonchev–Trinajstić information content (AvgIpc) is 2.49. The maximum absolute atomic E-state index is 10.3. The first-order valence-corrected chi connectivity index (χ1v) is 8.15. The van der Waals surface area contributed by atoms with Gasteiger partial charge in [-0.1, -0.05) is 42.3 Å². The van der Waals surface area contributed by atoms with Gasteiger partial charge in [-0.15, -0.1) is 0 Å². The van der Waals surface area contributed by atoms with E-state index in [1.54, 1.807) is 13.2 Å². The van der Waals surface area contributed by atoms with E-state index in [0.717, 1.165) is 26.1 Å². The van der Waals surface area contributed by atoms with Crippen molar-refractivity contribution >= 4 is 23.2 Å². The Kier molecular flexibility index (Phi) is 6.33. The molecular weight excluding hydrogens is 309 g/mol. The molecule has 1 N–H and O–H groups in total. The molecule has 1 aliphatic heterocycles. The first-order valence-electron chi connectivity index (χ1n) is 7.40. The van der Waals surface area contributed by atoms with E-state index < -0.39 is 6.10 Å². The Bertz CT molecular complexity index is 470. The van der Waals surface area contributed by atoms with E-state index in [9.17, 15) is 5.11 Å². The molecule has 0 radical (unpaired) electrons. The highest BCUT2D eigenvalue weighted by molar-refractivity contribution is 6.42. The number of hydrogen-bond acceptors (Lipinski definition) is 3. The summed E-state index contributed by atoms with van der Waals surface area (Å²) in [4.78, 5) is 2.34. The third-order valence-corrected chi connectivity index (χ3v) is 5.17. The number of hydrogen-bond donors (Lipinski definition) is 1. The van der Waals surface area contributed by atoms with Crippen LogP contribution in [0, 0.1) is 5.92 Å². The lowest BCUT2D eigenvalue weighted by atomic mass is 9.95. The van der Waals surface area contributed by atoms with E-state index >= 15 is 0 Å². The number of aliphatic hydroxyl groups is 1. The van der Waals surface area contributed by atoms with Gasteiger partial charge in [0.05, 0.1) is 22.3 Å². The van der Waals surface area contributed by atoms with Crippen molar-refractivity contribution < 1.29 is 9.84 Å². The lowest BCUT2D eigenvalue weighted by Crippen LogP contribution is -2.44. The molecule has 2 rings (SSSR count). The number of aliphatic hydroxyl groups excluding tert-OH is 1. The van der Waals surface area contributed by atoms with Crippen LogP contribution in [0.5, 0.6) is 0 Å². The number of nitrogens with zero attached hydrogens (tertiary/aromatic N) is 1. The quantitative estimate of drug-likeness (QED) is 0.891. The molecule has 3 unspecified atom stereocenters. The summed E-state index contributed by atoms with van der Waals surface area (Å²) in [6.07, 6.45) is 1.47. The fourth-order valence-corrected chi connectivity index (χ4v) is 3.28. The summed E-state index contributed by atoms with van der Waals surface area (Å²) in [6.45, 7) is 5.04. The first-order chi connectivity index (χ1) is 10.0. The number of rotatable bonds is 5. The van der Waals surface area contributed by atoms with Gasteiger partial charge in [-0.3, -0.25) is 0 Å². The van der Waals surface area contributed by atoms with E-state index in [1.807, 2.05) is 12.1 Å². The topological polar surface area (TPSA) is 32.7 Å². The predicted octanol–water partition coefficient (Wildman–Crippen LogP) is 3.77. The summed E-state index contributed by atoms with van der Waals surface area (Å²) < 4.78 is 5.52. The SMILES string of the molecule is COC1CN(CCC(O)c2cccc(Cl)c2Cl)CCC1C. The van der Waals surface area contributed by atoms with Gasteiger partial charge in [-0.05, 0) is 31.4 Å². The predicted molar refractivity (Wildman–Crippen MR) is 87.1 cm³/mol. The average molecular weight is 332 g/mol. The van der Waals surface area contributed by atoms with Crippen molar-refractivity contribution in [1.82, 2.24) is 4.90 Å². The van der Waals surface area contributed by atoms with Gasteiger partial charge >= 0.3 is 0 Å². The molecule has 1 heterocycles. The van der Waals surface area contributed by atoms with Crippen LogP contribution in [-0.2, 0) is 4.74 Å². The molecule has 5 heteroatoms. The van der Waals surface area contributed by atoms with Crippen LogP contribution in [0.4, 0.5) is 0 Å². The van der Waals surface area contributed by atoms with Gasteiger partial charge in [0.25, 0.3) is 0 Å². The zero-order valence-corrected chi connectivity index (χ0v) is 14.1. The molecule has 21 heavy (non-hydrogen) atoms. The van der Waals surface area contributed by atoms with Gasteiger partial charge in [0.1, 0.15) is 0 Å². The third-order valence-electron chi connectivity index (χ3n) is 4.34. The maximum atomic E-state index is 10.3. The summed E-state index contributed by atoms with van der Waals surface area (Å²) in [5, 5.41) is 11.3. The first kappa shape index (κ1) is 17.0. The standard InChI is InChI=1S/C16H23Cl2NO2/c1-11-6-8-19(10-15(11)21-2)9-7-14(20)12-4-3-5-13(17)16(12)18/h3-5,11,14-15,20H,6-10H2,1-2H3. The molecule has 0 aromatic heterocycles. The summed E-state index contributed by atoms with van der Waals surface area (Å²) in [5.74, 6) is 0.596. The molecule has 1 aromatic carbocycles. The molecule has 1 aliphatic rings. The van der Waals surface area contributed by atoms with Crippen LogP contribution in [0.2, 0.25) is 10.0 Å². The molecule has 0 amide bonds. The normalized spacial score (nSPS) is 25.0. The zero-order chi connectivity index (χ0) is 15.4. The molecule has 1 fully saturated rings. The van der Waals surface area contributed by atoms with Gasteiger partial charge in [-0.25, -0.2) is 0 Å².